The number of hydrogen-bond acceptors (Lipinski definition) is 2. The fraction of sp³-hybridized carbons (Fsp3) is 0.444. The Morgan fingerprint density at radius 1 is 1.09 bits per heavy atom. The van der Waals surface area contributed by atoms with E-state index in [0.29, 0.717) is 6.54 Å². The number of anilines is 1. The van der Waals surface area contributed by atoms with E-state index in [9.17, 15) is 14.7 Å². The monoisotopic (exact) mass is 297 g/mol. The maximum atomic E-state index is 13.1. The number of carboxylic acid groups (broad SMARTS) is 1. The van der Waals surface area contributed by atoms with Crippen molar-refractivity contribution in [1.82, 2.24) is 0 Å². The minimum absolute atomic E-state index is 0.00333. The Morgan fingerprint density at radius 2 is 1.82 bits per heavy atom. The lowest BCUT2D eigenvalue weighted by Gasteiger charge is -2.34. The van der Waals surface area contributed by atoms with Crippen molar-refractivity contribution in [3.05, 3.63) is 42.0 Å². The van der Waals surface area contributed by atoms with Crippen LogP contribution in [0.15, 0.2) is 36.4 Å². The molecule has 0 saturated heterocycles. The van der Waals surface area contributed by atoms with E-state index in [1.54, 1.807) is 0 Å². The first-order chi connectivity index (χ1) is 10.7. The highest BCUT2D eigenvalue weighted by Crippen LogP contribution is 2.49. The summed E-state index contributed by atoms with van der Waals surface area (Å²) in [5.41, 5.74) is 2.15. The van der Waals surface area contributed by atoms with Gasteiger partial charge in [0.15, 0.2) is 0 Å². The average Bonchev–Trinajstić information content (AvgIpc) is 3.14. The number of allylic oxidation sites excluding steroid dienone is 2. The molecule has 4 heteroatoms. The number of carboxylic acids is 1. The Kier molecular flexibility index (Phi) is 3.06. The molecule has 0 spiro atoms. The molecule has 1 fully saturated rings. The van der Waals surface area contributed by atoms with Crippen molar-refractivity contribution in [2.75, 3.05) is 11.4 Å². The number of benzene rings is 1. The highest BCUT2D eigenvalue weighted by atomic mass is 16.4. The van der Waals surface area contributed by atoms with E-state index in [0.717, 1.165) is 24.9 Å². The molecule has 1 aromatic rings. The summed E-state index contributed by atoms with van der Waals surface area (Å²) in [6, 6.07) is 7.97. The zero-order valence-corrected chi connectivity index (χ0v) is 12.3. The number of nitrogens with zero attached hydrogens (tertiary/aromatic N) is 1. The number of aliphatic carboxylic acids is 1. The van der Waals surface area contributed by atoms with Crippen molar-refractivity contribution in [2.45, 2.75) is 19.3 Å². The fourth-order valence-electron chi connectivity index (χ4n) is 4.44. The summed E-state index contributed by atoms with van der Waals surface area (Å²) in [5, 5.41) is 9.54. The van der Waals surface area contributed by atoms with E-state index in [-0.39, 0.29) is 17.7 Å². The van der Waals surface area contributed by atoms with Gasteiger partial charge in [-0.2, -0.15) is 0 Å². The Labute approximate surface area is 129 Å². The van der Waals surface area contributed by atoms with Gasteiger partial charge in [-0.25, -0.2) is 0 Å². The molecule has 1 aliphatic heterocycles. The summed E-state index contributed by atoms with van der Waals surface area (Å²) < 4.78 is 0. The zero-order valence-electron chi connectivity index (χ0n) is 12.3. The number of amides is 1. The van der Waals surface area contributed by atoms with E-state index in [4.69, 9.17) is 0 Å². The lowest BCUT2D eigenvalue weighted by Crippen LogP contribution is -2.45. The van der Waals surface area contributed by atoms with Gasteiger partial charge in [0.2, 0.25) is 5.91 Å². The molecule has 2 aliphatic carbocycles. The van der Waals surface area contributed by atoms with Crippen molar-refractivity contribution in [3.63, 3.8) is 0 Å². The maximum absolute atomic E-state index is 13.1. The van der Waals surface area contributed by atoms with Crippen LogP contribution in [0.4, 0.5) is 5.69 Å². The van der Waals surface area contributed by atoms with E-state index in [1.165, 1.54) is 5.56 Å². The van der Waals surface area contributed by atoms with Crippen LogP contribution in [0.2, 0.25) is 0 Å². The summed E-state index contributed by atoms with van der Waals surface area (Å²) >= 11 is 0. The second-order valence-corrected chi connectivity index (χ2v) is 6.56. The topological polar surface area (TPSA) is 57.6 Å². The Balaban J connectivity index is 1.68. The molecule has 2 bridgehead atoms. The molecule has 1 heterocycles. The zero-order chi connectivity index (χ0) is 15.3. The van der Waals surface area contributed by atoms with Crippen molar-refractivity contribution in [1.29, 1.82) is 0 Å². The molecule has 4 atom stereocenters. The Hall–Kier alpha value is -2.10. The van der Waals surface area contributed by atoms with Gasteiger partial charge in [0.05, 0.1) is 11.8 Å². The lowest BCUT2D eigenvalue weighted by molar-refractivity contribution is -0.147. The van der Waals surface area contributed by atoms with Crippen molar-refractivity contribution >= 4 is 17.6 Å². The minimum Gasteiger partial charge on any atom is -0.481 e. The lowest BCUT2D eigenvalue weighted by atomic mass is 9.81. The van der Waals surface area contributed by atoms with Gasteiger partial charge in [0.25, 0.3) is 0 Å². The molecular formula is C18H19NO3. The van der Waals surface area contributed by atoms with Gasteiger partial charge in [-0.05, 0) is 42.7 Å². The van der Waals surface area contributed by atoms with E-state index < -0.39 is 17.8 Å². The maximum Gasteiger partial charge on any atom is 0.307 e. The van der Waals surface area contributed by atoms with Crippen LogP contribution in [0, 0.1) is 23.7 Å². The number of carbonyl (C=O) groups excluding carboxylic acids is 1. The molecule has 114 valence electrons. The molecule has 0 unspecified atom stereocenters. The number of carbonyl (C=O) groups is 2. The van der Waals surface area contributed by atoms with Gasteiger partial charge in [0, 0.05) is 12.2 Å². The van der Waals surface area contributed by atoms with Crippen LogP contribution in [-0.2, 0) is 16.0 Å². The van der Waals surface area contributed by atoms with Gasteiger partial charge in [-0.1, -0.05) is 30.4 Å². The van der Waals surface area contributed by atoms with E-state index in [2.05, 4.69) is 6.07 Å². The first-order valence-electron chi connectivity index (χ1n) is 7.97. The smallest absolute Gasteiger partial charge is 0.307 e. The predicted octanol–water partition coefficient (Wildman–Crippen LogP) is 2.49. The number of rotatable bonds is 2. The van der Waals surface area contributed by atoms with Gasteiger partial charge in [-0.15, -0.1) is 0 Å². The molecule has 0 aromatic heterocycles. The SMILES string of the molecule is O=C(O)[C@@H]1[C@H](C(=O)N2CCCc3ccccc32)[C@H]2C=C[C@H]1C2. The van der Waals surface area contributed by atoms with Crippen LogP contribution in [0.25, 0.3) is 0 Å². The van der Waals surface area contributed by atoms with Gasteiger partial charge in [-0.3, -0.25) is 9.59 Å². The van der Waals surface area contributed by atoms with Crippen LogP contribution in [0.5, 0.6) is 0 Å². The number of hydrogen-bond donors (Lipinski definition) is 1. The highest BCUT2D eigenvalue weighted by molar-refractivity contribution is 5.99. The second kappa shape index (κ2) is 4.97. The molecule has 1 N–H and O–H groups in total. The summed E-state index contributed by atoms with van der Waals surface area (Å²) in [5.74, 6) is -1.68. The van der Waals surface area contributed by atoms with Crippen LogP contribution in [-0.4, -0.2) is 23.5 Å². The molecule has 3 aliphatic rings. The third-order valence-corrected chi connectivity index (χ3v) is 5.41. The fourth-order valence-corrected chi connectivity index (χ4v) is 4.44. The van der Waals surface area contributed by atoms with E-state index >= 15 is 0 Å². The molecule has 1 amide bonds. The molecule has 4 rings (SSSR count). The largest absolute Gasteiger partial charge is 0.481 e. The first-order valence-corrected chi connectivity index (χ1v) is 7.97. The molecule has 1 aromatic carbocycles. The van der Waals surface area contributed by atoms with Crippen LogP contribution >= 0.6 is 0 Å². The molecular weight excluding hydrogens is 278 g/mol. The van der Waals surface area contributed by atoms with Crippen LogP contribution < -0.4 is 4.90 Å². The summed E-state index contributed by atoms with van der Waals surface area (Å²) in [4.78, 5) is 26.6. The third-order valence-electron chi connectivity index (χ3n) is 5.41. The minimum atomic E-state index is -0.833. The van der Waals surface area contributed by atoms with Gasteiger partial charge >= 0.3 is 5.97 Å². The van der Waals surface area contributed by atoms with Crippen LogP contribution in [0.1, 0.15) is 18.4 Å². The number of fused-ring (bicyclic) bond motifs is 3. The Morgan fingerprint density at radius 3 is 2.59 bits per heavy atom. The van der Waals surface area contributed by atoms with Gasteiger partial charge < -0.3 is 10.0 Å². The Bertz CT molecular complexity index is 666. The third kappa shape index (κ3) is 1.90. The second-order valence-electron chi connectivity index (χ2n) is 6.56. The quantitative estimate of drug-likeness (QED) is 0.853. The summed E-state index contributed by atoms with van der Waals surface area (Å²) in [6.07, 6.45) is 6.76. The molecule has 1 saturated carbocycles. The number of aryl methyl sites for hydroxylation is 1. The van der Waals surface area contributed by atoms with Crippen molar-refractivity contribution < 1.29 is 14.7 Å². The number of para-hydroxylation sites is 1. The molecule has 0 radical (unpaired) electrons. The van der Waals surface area contributed by atoms with Crippen LogP contribution in [0.3, 0.4) is 0 Å². The van der Waals surface area contributed by atoms with Crippen molar-refractivity contribution in [3.8, 4) is 0 Å². The molecule has 4 nitrogen and oxygen atoms in total. The molecule has 22 heavy (non-hydrogen) atoms. The normalized spacial score (nSPS) is 32.1. The average molecular weight is 297 g/mol. The van der Waals surface area contributed by atoms with E-state index in [1.807, 2.05) is 35.3 Å². The summed E-state index contributed by atoms with van der Waals surface area (Å²) in [6.45, 7) is 0.694. The van der Waals surface area contributed by atoms with Gasteiger partial charge in [0.1, 0.15) is 0 Å². The first kappa shape index (κ1) is 13.6. The predicted molar refractivity (Wildman–Crippen MR) is 82.5 cm³/mol. The summed E-state index contributed by atoms with van der Waals surface area (Å²) in [7, 11) is 0. The standard InChI is InChI=1S/C18H19NO3/c20-17(15-12-7-8-13(10-12)16(15)18(21)22)19-9-3-5-11-4-1-2-6-14(11)19/h1-2,4,6-8,12-13,15-16H,3,5,9-10H2,(H,21,22)/t12-,13-,15+,16-/m0/s1. The highest BCUT2D eigenvalue weighted by Gasteiger charge is 2.52. The van der Waals surface area contributed by atoms with Crippen molar-refractivity contribution in [2.24, 2.45) is 23.7 Å².